The number of aromatic nitrogens is 2. The maximum absolute atomic E-state index is 11.4. The fraction of sp³-hybridized carbons (Fsp3) is 0.389. The van der Waals surface area contributed by atoms with E-state index in [-0.39, 0.29) is 11.8 Å². The third kappa shape index (κ3) is 4.37. The minimum absolute atomic E-state index is 0.0553. The maximum atomic E-state index is 11.4. The first kappa shape index (κ1) is 17.0. The number of benzene rings is 1. The van der Waals surface area contributed by atoms with E-state index in [0.717, 1.165) is 30.6 Å². The highest BCUT2D eigenvalue weighted by atomic mass is 16.5. The summed E-state index contributed by atoms with van der Waals surface area (Å²) < 4.78 is 5.09. The molecule has 0 radical (unpaired) electrons. The number of rotatable bonds is 6. The minimum atomic E-state index is -0.205. The second-order valence-electron chi connectivity index (χ2n) is 6.13. The summed E-state index contributed by atoms with van der Waals surface area (Å²) in [4.78, 5) is 22.0. The molecule has 2 aromatic rings. The number of nitrogens with one attached hydrogen (secondary N) is 1. The van der Waals surface area contributed by atoms with Crippen molar-refractivity contribution in [1.29, 1.82) is 0 Å². The molecule has 1 aliphatic heterocycles. The molecule has 1 saturated heterocycles. The molecule has 1 aromatic heterocycles. The summed E-state index contributed by atoms with van der Waals surface area (Å²) in [6.07, 6.45) is 3.53. The first-order valence-corrected chi connectivity index (χ1v) is 8.40. The number of amides is 1. The molecule has 2 heterocycles. The number of ether oxygens (including phenoxy) is 1. The lowest BCUT2D eigenvalue weighted by atomic mass is 9.97. The Bertz CT molecular complexity index is 720. The van der Waals surface area contributed by atoms with E-state index in [2.05, 4.69) is 44.5 Å². The van der Waals surface area contributed by atoms with Gasteiger partial charge in [-0.2, -0.15) is 4.98 Å². The molecular formula is C18H23N5O2. The smallest absolute Gasteiger partial charge is 0.226 e. The van der Waals surface area contributed by atoms with E-state index in [0.29, 0.717) is 24.9 Å². The van der Waals surface area contributed by atoms with Crippen LogP contribution in [0, 0.1) is 5.92 Å². The summed E-state index contributed by atoms with van der Waals surface area (Å²) in [5.41, 5.74) is 7.69. The monoisotopic (exact) mass is 341 g/mol. The van der Waals surface area contributed by atoms with E-state index in [1.54, 1.807) is 19.4 Å². The Balaban J connectivity index is 1.59. The third-order valence-electron chi connectivity index (χ3n) is 4.42. The van der Waals surface area contributed by atoms with Gasteiger partial charge in [-0.15, -0.1) is 0 Å². The van der Waals surface area contributed by atoms with Crippen LogP contribution >= 0.6 is 0 Å². The van der Waals surface area contributed by atoms with E-state index in [1.807, 2.05) is 0 Å². The van der Waals surface area contributed by atoms with Gasteiger partial charge in [0.25, 0.3) is 0 Å². The van der Waals surface area contributed by atoms with Gasteiger partial charge in [-0.1, -0.05) is 12.1 Å². The second-order valence-corrected chi connectivity index (χ2v) is 6.13. The predicted molar refractivity (Wildman–Crippen MR) is 96.5 cm³/mol. The molecule has 7 nitrogen and oxygen atoms in total. The Kier molecular flexibility index (Phi) is 5.33. The van der Waals surface area contributed by atoms with Gasteiger partial charge in [0.1, 0.15) is 0 Å². The van der Waals surface area contributed by atoms with Gasteiger partial charge in [0, 0.05) is 37.6 Å². The van der Waals surface area contributed by atoms with Gasteiger partial charge in [0.05, 0.1) is 13.0 Å². The van der Waals surface area contributed by atoms with E-state index in [1.165, 1.54) is 0 Å². The van der Waals surface area contributed by atoms with Crippen molar-refractivity contribution in [2.45, 2.75) is 19.4 Å². The van der Waals surface area contributed by atoms with Crippen LogP contribution in [0.25, 0.3) is 0 Å². The van der Waals surface area contributed by atoms with Gasteiger partial charge in [-0.05, 0) is 30.5 Å². The number of anilines is 2. The summed E-state index contributed by atoms with van der Waals surface area (Å²) in [6.45, 7) is 2.28. The summed E-state index contributed by atoms with van der Waals surface area (Å²) in [5, 5.41) is 3.18. The Morgan fingerprint density at radius 1 is 1.36 bits per heavy atom. The number of carbonyl (C=O) groups is 1. The van der Waals surface area contributed by atoms with E-state index in [9.17, 15) is 4.79 Å². The standard InChI is InChI=1S/C18H23N5O2/c1-25-16-8-9-20-18(22-16)21-11-13-4-6-15(7-5-13)23-10-2-3-14(12-23)17(19)24/h4-9,14H,2-3,10-12H2,1H3,(H2,19,24)(H,20,21,22). The molecule has 1 atom stereocenters. The molecule has 1 aliphatic rings. The Labute approximate surface area is 147 Å². The van der Waals surface area contributed by atoms with Gasteiger partial charge in [0.2, 0.25) is 17.7 Å². The molecule has 7 heteroatoms. The van der Waals surface area contributed by atoms with Gasteiger partial charge in [-0.3, -0.25) is 4.79 Å². The van der Waals surface area contributed by atoms with Gasteiger partial charge in [-0.25, -0.2) is 4.98 Å². The van der Waals surface area contributed by atoms with Crippen LogP contribution in [0.5, 0.6) is 5.88 Å². The van der Waals surface area contributed by atoms with Crippen molar-refractivity contribution in [1.82, 2.24) is 9.97 Å². The zero-order valence-corrected chi connectivity index (χ0v) is 14.3. The fourth-order valence-electron chi connectivity index (χ4n) is 2.99. The van der Waals surface area contributed by atoms with Crippen LogP contribution in [0.2, 0.25) is 0 Å². The van der Waals surface area contributed by atoms with E-state index in [4.69, 9.17) is 10.5 Å². The summed E-state index contributed by atoms with van der Waals surface area (Å²) in [6, 6.07) is 9.99. The number of methoxy groups -OCH3 is 1. The van der Waals surface area contributed by atoms with Crippen LogP contribution in [0.1, 0.15) is 18.4 Å². The van der Waals surface area contributed by atoms with Crippen molar-refractivity contribution in [2.24, 2.45) is 11.7 Å². The largest absolute Gasteiger partial charge is 0.481 e. The zero-order valence-electron chi connectivity index (χ0n) is 14.3. The average molecular weight is 341 g/mol. The van der Waals surface area contributed by atoms with Crippen LogP contribution in [-0.4, -0.2) is 36.1 Å². The zero-order chi connectivity index (χ0) is 17.6. The topological polar surface area (TPSA) is 93.4 Å². The second kappa shape index (κ2) is 7.83. The van der Waals surface area contributed by atoms with Crippen LogP contribution < -0.4 is 20.7 Å². The Hall–Kier alpha value is -2.83. The van der Waals surface area contributed by atoms with Crippen molar-refractivity contribution in [3.8, 4) is 5.88 Å². The number of nitrogens with zero attached hydrogens (tertiary/aromatic N) is 3. The number of hydrogen-bond acceptors (Lipinski definition) is 6. The number of carbonyl (C=O) groups excluding carboxylic acids is 1. The molecule has 132 valence electrons. The quantitative estimate of drug-likeness (QED) is 0.832. The number of primary amides is 1. The molecule has 1 fully saturated rings. The SMILES string of the molecule is COc1ccnc(NCc2ccc(N3CCCC(C(N)=O)C3)cc2)n1. The van der Waals surface area contributed by atoms with E-state index < -0.39 is 0 Å². The molecule has 0 aliphatic carbocycles. The molecule has 0 bridgehead atoms. The lowest BCUT2D eigenvalue weighted by Crippen LogP contribution is -2.41. The maximum Gasteiger partial charge on any atom is 0.226 e. The molecule has 3 N–H and O–H groups in total. The van der Waals surface area contributed by atoms with Crippen molar-refractivity contribution in [3.63, 3.8) is 0 Å². The molecule has 0 spiro atoms. The lowest BCUT2D eigenvalue weighted by molar-refractivity contribution is -0.122. The Morgan fingerprint density at radius 2 is 2.16 bits per heavy atom. The molecule has 1 amide bonds. The molecule has 0 saturated carbocycles. The summed E-state index contributed by atoms with van der Waals surface area (Å²) >= 11 is 0. The Morgan fingerprint density at radius 3 is 2.88 bits per heavy atom. The van der Waals surface area contributed by atoms with Crippen molar-refractivity contribution in [2.75, 3.05) is 30.4 Å². The van der Waals surface area contributed by atoms with Crippen molar-refractivity contribution < 1.29 is 9.53 Å². The van der Waals surface area contributed by atoms with Crippen LogP contribution in [0.15, 0.2) is 36.5 Å². The number of nitrogens with two attached hydrogens (primary N) is 1. The number of hydrogen-bond donors (Lipinski definition) is 2. The lowest BCUT2D eigenvalue weighted by Gasteiger charge is -2.33. The first-order chi connectivity index (χ1) is 12.2. The highest BCUT2D eigenvalue weighted by Gasteiger charge is 2.23. The number of piperidine rings is 1. The predicted octanol–water partition coefficient (Wildman–Crippen LogP) is 1.80. The van der Waals surface area contributed by atoms with Crippen molar-refractivity contribution >= 4 is 17.5 Å². The molecule has 1 unspecified atom stereocenters. The van der Waals surface area contributed by atoms with Crippen LogP contribution in [0.3, 0.4) is 0 Å². The molecule has 1 aromatic carbocycles. The first-order valence-electron chi connectivity index (χ1n) is 8.40. The van der Waals surface area contributed by atoms with Gasteiger partial charge < -0.3 is 20.7 Å². The van der Waals surface area contributed by atoms with Crippen LogP contribution in [-0.2, 0) is 11.3 Å². The summed E-state index contributed by atoms with van der Waals surface area (Å²) in [5.74, 6) is 0.801. The fourth-order valence-corrected chi connectivity index (χ4v) is 2.99. The minimum Gasteiger partial charge on any atom is -0.481 e. The van der Waals surface area contributed by atoms with E-state index >= 15 is 0 Å². The summed E-state index contributed by atoms with van der Waals surface area (Å²) in [7, 11) is 1.58. The van der Waals surface area contributed by atoms with Gasteiger partial charge in [0.15, 0.2) is 0 Å². The average Bonchev–Trinajstić information content (AvgIpc) is 2.67. The van der Waals surface area contributed by atoms with Gasteiger partial charge >= 0.3 is 0 Å². The third-order valence-corrected chi connectivity index (χ3v) is 4.42. The van der Waals surface area contributed by atoms with Crippen LogP contribution in [0.4, 0.5) is 11.6 Å². The molecule has 25 heavy (non-hydrogen) atoms. The molecular weight excluding hydrogens is 318 g/mol. The highest BCUT2D eigenvalue weighted by Crippen LogP contribution is 2.23. The highest BCUT2D eigenvalue weighted by molar-refractivity contribution is 5.77. The molecule has 3 rings (SSSR count). The van der Waals surface area contributed by atoms with Crippen molar-refractivity contribution in [3.05, 3.63) is 42.1 Å². The normalized spacial score (nSPS) is 17.2.